The van der Waals surface area contributed by atoms with Crippen LogP contribution in [0.25, 0.3) is 0 Å². The fraction of sp³-hybridized carbons (Fsp3) is 0.900. The zero-order chi connectivity index (χ0) is 9.84. The second-order valence-electron chi connectivity index (χ2n) is 4.16. The highest BCUT2D eigenvalue weighted by atomic mass is 16.1. The molecule has 76 valence electrons. The Bertz CT molecular complexity index is 180. The van der Waals surface area contributed by atoms with E-state index in [-0.39, 0.29) is 0 Å². The van der Waals surface area contributed by atoms with Crippen molar-refractivity contribution in [3.63, 3.8) is 0 Å². The van der Waals surface area contributed by atoms with Crippen LogP contribution in [0, 0.1) is 0 Å². The highest BCUT2D eigenvalue weighted by Crippen LogP contribution is 2.12. The van der Waals surface area contributed by atoms with Crippen LogP contribution >= 0.6 is 0 Å². The van der Waals surface area contributed by atoms with Crippen LogP contribution in [0.5, 0.6) is 0 Å². The molecule has 1 rings (SSSR count). The van der Waals surface area contributed by atoms with E-state index < -0.39 is 0 Å². The van der Waals surface area contributed by atoms with Crippen molar-refractivity contribution < 1.29 is 4.79 Å². The Morgan fingerprint density at radius 3 is 2.69 bits per heavy atom. The van der Waals surface area contributed by atoms with Crippen molar-refractivity contribution >= 4 is 5.78 Å². The normalized spacial score (nSPS) is 24.2. The van der Waals surface area contributed by atoms with E-state index in [0.717, 1.165) is 19.6 Å². The van der Waals surface area contributed by atoms with Gasteiger partial charge in [0.05, 0.1) is 0 Å². The quantitative estimate of drug-likeness (QED) is 0.639. The summed E-state index contributed by atoms with van der Waals surface area (Å²) >= 11 is 0. The van der Waals surface area contributed by atoms with Crippen LogP contribution < -0.4 is 0 Å². The number of hydrogen-bond acceptors (Lipinski definition) is 3. The van der Waals surface area contributed by atoms with Crippen LogP contribution in [0.3, 0.4) is 0 Å². The lowest BCUT2D eigenvalue weighted by Gasteiger charge is -2.19. The van der Waals surface area contributed by atoms with E-state index in [1.165, 1.54) is 6.42 Å². The van der Waals surface area contributed by atoms with Crippen molar-refractivity contribution in [1.29, 1.82) is 0 Å². The third-order valence-corrected chi connectivity index (χ3v) is 2.76. The summed E-state index contributed by atoms with van der Waals surface area (Å²) in [5.74, 6) is 0.299. The molecule has 0 saturated carbocycles. The fourth-order valence-electron chi connectivity index (χ4n) is 1.75. The summed E-state index contributed by atoms with van der Waals surface area (Å²) in [6, 6.07) is 0.687. The van der Waals surface area contributed by atoms with Crippen LogP contribution in [0.2, 0.25) is 0 Å². The zero-order valence-electron chi connectivity index (χ0n) is 8.92. The number of carbonyl (C=O) groups excluding carboxylic acids is 1. The van der Waals surface area contributed by atoms with E-state index in [1.54, 1.807) is 6.92 Å². The van der Waals surface area contributed by atoms with Crippen molar-refractivity contribution in [2.45, 2.75) is 25.8 Å². The van der Waals surface area contributed by atoms with Gasteiger partial charge in [0.2, 0.25) is 0 Å². The third-order valence-electron chi connectivity index (χ3n) is 2.76. The second kappa shape index (κ2) is 4.72. The molecule has 0 aliphatic carbocycles. The van der Waals surface area contributed by atoms with Gasteiger partial charge in [-0.3, -0.25) is 4.79 Å². The molecular formula is C10H20N2O. The van der Waals surface area contributed by atoms with Crippen LogP contribution in [-0.4, -0.2) is 55.4 Å². The van der Waals surface area contributed by atoms with Gasteiger partial charge in [-0.25, -0.2) is 0 Å². The van der Waals surface area contributed by atoms with Crippen LogP contribution in [0.15, 0.2) is 0 Å². The summed E-state index contributed by atoms with van der Waals surface area (Å²) < 4.78 is 0. The largest absolute Gasteiger partial charge is 0.305 e. The summed E-state index contributed by atoms with van der Waals surface area (Å²) in [5.41, 5.74) is 0. The minimum absolute atomic E-state index is 0.299. The predicted molar refractivity (Wildman–Crippen MR) is 53.8 cm³/mol. The molecule has 1 heterocycles. The van der Waals surface area contributed by atoms with E-state index in [2.05, 4.69) is 23.9 Å². The highest BCUT2D eigenvalue weighted by molar-refractivity contribution is 5.75. The number of likely N-dealkylation sites (tertiary alicyclic amines) is 1. The number of ketones is 1. The highest BCUT2D eigenvalue weighted by Gasteiger charge is 2.23. The van der Waals surface area contributed by atoms with Gasteiger partial charge in [-0.1, -0.05) is 0 Å². The first-order chi connectivity index (χ1) is 6.09. The lowest BCUT2D eigenvalue weighted by molar-refractivity contribution is -0.117. The molecule has 3 heteroatoms. The minimum Gasteiger partial charge on any atom is -0.305 e. The minimum atomic E-state index is 0.299. The van der Waals surface area contributed by atoms with Crippen molar-refractivity contribution in [2.75, 3.05) is 33.7 Å². The molecule has 0 spiro atoms. The molecule has 1 saturated heterocycles. The Balaban J connectivity index is 2.21. The number of likely N-dealkylation sites (N-methyl/N-ethyl adjacent to an activating group) is 1. The van der Waals surface area contributed by atoms with Gasteiger partial charge in [0.25, 0.3) is 0 Å². The first-order valence-electron chi connectivity index (χ1n) is 4.98. The standard InChI is InChI=1S/C10H20N2O/c1-9(13)4-6-12-7-5-10(8-12)11(2)3/h10H,4-8H2,1-3H3. The summed E-state index contributed by atoms with van der Waals surface area (Å²) in [7, 11) is 4.25. The molecule has 13 heavy (non-hydrogen) atoms. The number of nitrogens with zero attached hydrogens (tertiary/aromatic N) is 2. The average molecular weight is 184 g/mol. The van der Waals surface area contributed by atoms with E-state index >= 15 is 0 Å². The number of carbonyl (C=O) groups is 1. The molecule has 0 amide bonds. The monoisotopic (exact) mass is 184 g/mol. The predicted octanol–water partition coefficient (Wildman–Crippen LogP) is 0.601. The Labute approximate surface area is 80.7 Å². The van der Waals surface area contributed by atoms with Gasteiger partial charge in [0.1, 0.15) is 5.78 Å². The maximum Gasteiger partial charge on any atom is 0.131 e. The van der Waals surface area contributed by atoms with E-state index in [4.69, 9.17) is 0 Å². The van der Waals surface area contributed by atoms with Gasteiger partial charge in [0, 0.05) is 25.6 Å². The smallest absolute Gasteiger partial charge is 0.131 e. The fourth-order valence-corrected chi connectivity index (χ4v) is 1.75. The average Bonchev–Trinajstić information content (AvgIpc) is 2.48. The van der Waals surface area contributed by atoms with Crippen LogP contribution in [-0.2, 0) is 4.79 Å². The van der Waals surface area contributed by atoms with Crippen LogP contribution in [0.4, 0.5) is 0 Å². The van der Waals surface area contributed by atoms with Crippen molar-refractivity contribution in [2.24, 2.45) is 0 Å². The SMILES string of the molecule is CC(=O)CCN1CCC(N(C)C)C1. The molecule has 0 bridgehead atoms. The Morgan fingerprint density at radius 2 is 2.23 bits per heavy atom. The Kier molecular flexibility index (Phi) is 3.88. The molecule has 0 radical (unpaired) electrons. The van der Waals surface area contributed by atoms with E-state index in [9.17, 15) is 4.79 Å². The van der Waals surface area contributed by atoms with Gasteiger partial charge in [-0.15, -0.1) is 0 Å². The van der Waals surface area contributed by atoms with Gasteiger partial charge in [0.15, 0.2) is 0 Å². The first-order valence-corrected chi connectivity index (χ1v) is 4.98. The summed E-state index contributed by atoms with van der Waals surface area (Å²) in [6.07, 6.45) is 1.95. The van der Waals surface area contributed by atoms with E-state index in [1.807, 2.05) is 0 Å². The molecule has 0 N–H and O–H groups in total. The van der Waals surface area contributed by atoms with Crippen molar-refractivity contribution in [3.8, 4) is 0 Å². The molecule has 1 aliphatic heterocycles. The molecule has 1 atom stereocenters. The molecule has 0 aromatic carbocycles. The maximum absolute atomic E-state index is 10.8. The molecule has 1 aliphatic rings. The summed E-state index contributed by atoms with van der Waals surface area (Å²) in [4.78, 5) is 15.4. The molecule has 3 nitrogen and oxygen atoms in total. The third kappa shape index (κ3) is 3.44. The Hall–Kier alpha value is -0.410. The Morgan fingerprint density at radius 1 is 1.54 bits per heavy atom. The number of Topliss-reactive ketones (excluding diaryl/α,β-unsaturated/α-hetero) is 1. The lowest BCUT2D eigenvalue weighted by Crippen LogP contribution is -2.32. The zero-order valence-corrected chi connectivity index (χ0v) is 8.92. The molecule has 0 aromatic heterocycles. The van der Waals surface area contributed by atoms with Gasteiger partial charge in [-0.05, 0) is 34.0 Å². The topological polar surface area (TPSA) is 23.6 Å². The summed E-state index contributed by atoms with van der Waals surface area (Å²) in [5, 5.41) is 0. The summed E-state index contributed by atoms with van der Waals surface area (Å²) in [6.45, 7) is 4.88. The number of rotatable bonds is 4. The molecule has 1 unspecified atom stereocenters. The first kappa shape index (κ1) is 10.7. The van der Waals surface area contributed by atoms with E-state index in [0.29, 0.717) is 18.2 Å². The van der Waals surface area contributed by atoms with Crippen molar-refractivity contribution in [3.05, 3.63) is 0 Å². The van der Waals surface area contributed by atoms with Gasteiger partial charge in [-0.2, -0.15) is 0 Å². The second-order valence-corrected chi connectivity index (χ2v) is 4.16. The molecular weight excluding hydrogens is 164 g/mol. The van der Waals surface area contributed by atoms with Gasteiger partial charge < -0.3 is 9.80 Å². The molecule has 0 aromatic rings. The lowest BCUT2D eigenvalue weighted by atomic mass is 10.2. The van der Waals surface area contributed by atoms with Crippen LogP contribution in [0.1, 0.15) is 19.8 Å². The van der Waals surface area contributed by atoms with Crippen molar-refractivity contribution in [1.82, 2.24) is 9.80 Å². The number of hydrogen-bond donors (Lipinski definition) is 0. The van der Waals surface area contributed by atoms with Gasteiger partial charge >= 0.3 is 0 Å². The molecule has 1 fully saturated rings. The maximum atomic E-state index is 10.8.